The average Bonchev–Trinajstić information content (AvgIpc) is 2.99. The first-order valence-corrected chi connectivity index (χ1v) is 8.86. The van der Waals surface area contributed by atoms with Gasteiger partial charge in [0, 0.05) is 26.7 Å². The van der Waals surface area contributed by atoms with E-state index >= 15 is 0 Å². The Morgan fingerprint density at radius 2 is 1.78 bits per heavy atom. The highest BCUT2D eigenvalue weighted by atomic mass is 127. The number of aryl methyl sites for hydroxylation is 1. The molecule has 128 valence electrons. The van der Waals surface area contributed by atoms with E-state index in [0.717, 1.165) is 37.2 Å². The molecule has 2 atom stereocenters. The minimum Gasteiger partial charge on any atom is -0.356 e. The number of halogens is 1. The zero-order valence-corrected chi connectivity index (χ0v) is 16.5. The normalized spacial score (nSPS) is 24.0. The molecule has 2 fully saturated rings. The second-order valence-electron chi connectivity index (χ2n) is 6.77. The van der Waals surface area contributed by atoms with E-state index in [2.05, 4.69) is 45.5 Å². The van der Waals surface area contributed by atoms with Crippen LogP contribution in [0.3, 0.4) is 0 Å². The third-order valence-electron chi connectivity index (χ3n) is 5.26. The molecular weight excluding hydrogens is 397 g/mol. The zero-order valence-electron chi connectivity index (χ0n) is 14.2. The zero-order chi connectivity index (χ0) is 15.2. The maximum atomic E-state index is 4.50. The molecule has 1 aromatic rings. The summed E-state index contributed by atoms with van der Waals surface area (Å²) in [5, 5.41) is 3.57. The first-order chi connectivity index (χ1) is 10.9. The van der Waals surface area contributed by atoms with E-state index < -0.39 is 0 Å². The Morgan fingerprint density at radius 1 is 1.13 bits per heavy atom. The standard InChI is InChI=1S/C19H29N3.HI/c1-20-19(21-13-7-10-16-8-3-2-4-9-16)22-14-17-11-5-6-12-18(17)15-22;/h2-4,8-9,17-18H,5-7,10-15H2,1H3,(H,20,21);1H. The van der Waals surface area contributed by atoms with Crippen molar-refractivity contribution in [1.82, 2.24) is 10.2 Å². The number of nitrogens with zero attached hydrogens (tertiary/aromatic N) is 2. The third kappa shape index (κ3) is 5.10. The van der Waals surface area contributed by atoms with Crippen LogP contribution in [0.25, 0.3) is 0 Å². The summed E-state index contributed by atoms with van der Waals surface area (Å²) in [7, 11) is 1.92. The van der Waals surface area contributed by atoms with E-state index in [0.29, 0.717) is 0 Å². The van der Waals surface area contributed by atoms with Gasteiger partial charge in [0.15, 0.2) is 5.96 Å². The number of hydrogen-bond acceptors (Lipinski definition) is 1. The molecule has 3 nitrogen and oxygen atoms in total. The van der Waals surface area contributed by atoms with Crippen molar-refractivity contribution in [2.75, 3.05) is 26.7 Å². The van der Waals surface area contributed by atoms with Crippen molar-refractivity contribution in [3.8, 4) is 0 Å². The Kier molecular flexibility index (Phi) is 7.66. The van der Waals surface area contributed by atoms with E-state index in [1.807, 2.05) is 7.05 Å². The molecular formula is C19H30IN3. The molecule has 0 radical (unpaired) electrons. The van der Waals surface area contributed by atoms with Gasteiger partial charge >= 0.3 is 0 Å². The lowest BCUT2D eigenvalue weighted by Crippen LogP contribution is -2.40. The summed E-state index contributed by atoms with van der Waals surface area (Å²) in [5.74, 6) is 2.94. The number of fused-ring (bicyclic) bond motifs is 1. The van der Waals surface area contributed by atoms with E-state index in [4.69, 9.17) is 0 Å². The highest BCUT2D eigenvalue weighted by Gasteiger charge is 2.35. The van der Waals surface area contributed by atoms with Crippen LogP contribution in [0.4, 0.5) is 0 Å². The second-order valence-corrected chi connectivity index (χ2v) is 6.77. The van der Waals surface area contributed by atoms with Gasteiger partial charge in [0.2, 0.25) is 0 Å². The smallest absolute Gasteiger partial charge is 0.193 e. The molecule has 0 aromatic heterocycles. The topological polar surface area (TPSA) is 27.6 Å². The van der Waals surface area contributed by atoms with Gasteiger partial charge in [-0.1, -0.05) is 43.2 Å². The van der Waals surface area contributed by atoms with Gasteiger partial charge in [0.1, 0.15) is 0 Å². The summed E-state index contributed by atoms with van der Waals surface area (Å²) < 4.78 is 0. The van der Waals surface area contributed by atoms with Crippen LogP contribution in [0.2, 0.25) is 0 Å². The third-order valence-corrected chi connectivity index (χ3v) is 5.26. The molecule has 1 aromatic carbocycles. The van der Waals surface area contributed by atoms with E-state index in [9.17, 15) is 0 Å². The predicted molar refractivity (Wildman–Crippen MR) is 109 cm³/mol. The maximum Gasteiger partial charge on any atom is 0.193 e. The van der Waals surface area contributed by atoms with Gasteiger partial charge in [-0.05, 0) is 43.1 Å². The fourth-order valence-electron chi connectivity index (χ4n) is 4.05. The lowest BCUT2D eigenvalue weighted by molar-refractivity contribution is 0.299. The second kappa shape index (κ2) is 9.50. The largest absolute Gasteiger partial charge is 0.356 e. The van der Waals surface area contributed by atoms with Gasteiger partial charge in [-0.3, -0.25) is 4.99 Å². The summed E-state index contributed by atoms with van der Waals surface area (Å²) in [4.78, 5) is 6.99. The highest BCUT2D eigenvalue weighted by molar-refractivity contribution is 14.0. The molecule has 2 aliphatic rings. The van der Waals surface area contributed by atoms with Crippen molar-refractivity contribution in [3.63, 3.8) is 0 Å². The summed E-state index contributed by atoms with van der Waals surface area (Å²) in [5.41, 5.74) is 1.42. The first kappa shape index (κ1) is 18.6. The van der Waals surface area contributed by atoms with Crippen molar-refractivity contribution in [2.45, 2.75) is 38.5 Å². The van der Waals surface area contributed by atoms with E-state index in [1.165, 1.54) is 44.3 Å². The van der Waals surface area contributed by atoms with Crippen molar-refractivity contribution < 1.29 is 0 Å². The van der Waals surface area contributed by atoms with Crippen molar-refractivity contribution in [3.05, 3.63) is 35.9 Å². The predicted octanol–water partition coefficient (Wildman–Crippen LogP) is 3.93. The summed E-state index contributed by atoms with van der Waals surface area (Å²) in [6.07, 6.45) is 7.99. The van der Waals surface area contributed by atoms with Crippen LogP contribution < -0.4 is 5.32 Å². The van der Waals surface area contributed by atoms with E-state index in [1.54, 1.807) is 0 Å². The lowest BCUT2D eigenvalue weighted by Gasteiger charge is -2.22. The monoisotopic (exact) mass is 427 g/mol. The fraction of sp³-hybridized carbons (Fsp3) is 0.632. The number of guanidine groups is 1. The maximum absolute atomic E-state index is 4.50. The van der Waals surface area contributed by atoms with Crippen LogP contribution in [-0.2, 0) is 6.42 Å². The molecule has 2 unspecified atom stereocenters. The SMILES string of the molecule is CN=C(NCCCc1ccccc1)N1CC2CCCCC2C1.I. The Balaban J connectivity index is 0.00000192. The number of hydrogen-bond donors (Lipinski definition) is 1. The molecule has 1 saturated heterocycles. The molecule has 4 heteroatoms. The van der Waals surface area contributed by atoms with Crippen LogP contribution in [0.15, 0.2) is 35.3 Å². The number of rotatable bonds is 4. The van der Waals surface area contributed by atoms with E-state index in [-0.39, 0.29) is 24.0 Å². The number of benzene rings is 1. The minimum atomic E-state index is 0. The van der Waals surface area contributed by atoms with Crippen LogP contribution in [0, 0.1) is 11.8 Å². The molecule has 3 rings (SSSR count). The van der Waals surface area contributed by atoms with Crippen LogP contribution in [0.1, 0.15) is 37.7 Å². The van der Waals surface area contributed by atoms with Crippen molar-refractivity contribution >= 4 is 29.9 Å². The van der Waals surface area contributed by atoms with Gasteiger partial charge in [-0.25, -0.2) is 0 Å². The fourth-order valence-corrected chi connectivity index (χ4v) is 4.05. The number of likely N-dealkylation sites (tertiary alicyclic amines) is 1. The summed E-state index contributed by atoms with van der Waals surface area (Å²) in [6.45, 7) is 3.43. The molecule has 1 saturated carbocycles. The Morgan fingerprint density at radius 3 is 2.39 bits per heavy atom. The van der Waals surface area contributed by atoms with Gasteiger partial charge in [-0.15, -0.1) is 24.0 Å². The number of aliphatic imine (C=N–C) groups is 1. The molecule has 1 heterocycles. The average molecular weight is 427 g/mol. The van der Waals surface area contributed by atoms with Crippen molar-refractivity contribution in [2.24, 2.45) is 16.8 Å². The van der Waals surface area contributed by atoms with Crippen LogP contribution in [0.5, 0.6) is 0 Å². The highest BCUT2D eigenvalue weighted by Crippen LogP contribution is 2.35. The lowest BCUT2D eigenvalue weighted by atomic mass is 9.82. The van der Waals surface area contributed by atoms with Crippen LogP contribution >= 0.6 is 24.0 Å². The van der Waals surface area contributed by atoms with Crippen LogP contribution in [-0.4, -0.2) is 37.5 Å². The molecule has 1 aliphatic heterocycles. The first-order valence-electron chi connectivity index (χ1n) is 8.86. The van der Waals surface area contributed by atoms with Gasteiger partial charge in [0.25, 0.3) is 0 Å². The Labute approximate surface area is 158 Å². The Hall–Kier alpha value is -0.780. The summed E-state index contributed by atoms with van der Waals surface area (Å²) >= 11 is 0. The minimum absolute atomic E-state index is 0. The Bertz CT molecular complexity index is 475. The molecule has 23 heavy (non-hydrogen) atoms. The van der Waals surface area contributed by atoms with Crippen molar-refractivity contribution in [1.29, 1.82) is 0 Å². The molecule has 0 amide bonds. The molecule has 0 spiro atoms. The quantitative estimate of drug-likeness (QED) is 0.341. The van der Waals surface area contributed by atoms with Gasteiger partial charge < -0.3 is 10.2 Å². The summed E-state index contributed by atoms with van der Waals surface area (Å²) in [6, 6.07) is 10.7. The molecule has 1 aliphatic carbocycles. The molecule has 1 N–H and O–H groups in total. The molecule has 0 bridgehead atoms. The number of nitrogens with one attached hydrogen (secondary N) is 1. The van der Waals surface area contributed by atoms with Gasteiger partial charge in [0.05, 0.1) is 0 Å². The van der Waals surface area contributed by atoms with Gasteiger partial charge in [-0.2, -0.15) is 0 Å².